The molecular formula is C16H16ClF2N3O. The first-order valence-electron chi connectivity index (χ1n) is 7.30. The number of halogens is 3. The smallest absolute Gasteiger partial charge is 0.287 e. The van der Waals surface area contributed by atoms with Crippen LogP contribution in [0.4, 0.5) is 14.5 Å². The van der Waals surface area contributed by atoms with Crippen LogP contribution < -0.4 is 4.90 Å². The van der Waals surface area contributed by atoms with Gasteiger partial charge in [-0.1, -0.05) is 12.1 Å². The average molecular weight is 340 g/mol. The van der Waals surface area contributed by atoms with Crippen LogP contribution in [0.1, 0.15) is 35.0 Å². The first-order valence-corrected chi connectivity index (χ1v) is 7.68. The third-order valence-electron chi connectivity index (χ3n) is 4.04. The average Bonchev–Trinajstić information content (AvgIpc) is 2.92. The number of hydrogen-bond donors (Lipinski definition) is 0. The number of aromatic nitrogens is 2. The molecule has 1 aliphatic rings. The van der Waals surface area contributed by atoms with Gasteiger partial charge in [0.25, 0.3) is 11.2 Å². The normalized spacial score (nSPS) is 14.7. The molecule has 0 fully saturated rings. The zero-order valence-electron chi connectivity index (χ0n) is 12.8. The second-order valence-corrected chi connectivity index (χ2v) is 6.13. The Morgan fingerprint density at radius 1 is 1.39 bits per heavy atom. The molecule has 0 atom stereocenters. The van der Waals surface area contributed by atoms with Gasteiger partial charge in [-0.05, 0) is 36.1 Å². The summed E-state index contributed by atoms with van der Waals surface area (Å²) in [6, 6.07) is 5.52. The molecule has 0 saturated heterocycles. The second-order valence-electron chi connectivity index (χ2n) is 5.79. The maximum atomic E-state index is 14.1. The van der Waals surface area contributed by atoms with Crippen molar-refractivity contribution >= 4 is 22.5 Å². The fourth-order valence-electron chi connectivity index (χ4n) is 3.11. The zero-order valence-corrected chi connectivity index (χ0v) is 13.6. The van der Waals surface area contributed by atoms with Crippen LogP contribution in [-0.4, -0.2) is 28.6 Å². The van der Waals surface area contributed by atoms with Crippen molar-refractivity contribution < 1.29 is 13.6 Å². The highest BCUT2D eigenvalue weighted by Gasteiger charge is 2.36. The van der Waals surface area contributed by atoms with E-state index in [1.54, 1.807) is 6.07 Å². The van der Waals surface area contributed by atoms with Crippen molar-refractivity contribution in [2.75, 3.05) is 18.5 Å². The molecule has 0 saturated carbocycles. The first kappa shape index (κ1) is 15.9. The molecule has 122 valence electrons. The summed E-state index contributed by atoms with van der Waals surface area (Å²) >= 11 is 5.45. The quantitative estimate of drug-likeness (QED) is 0.799. The number of hydrogen-bond acceptors (Lipinski definition) is 3. The summed E-state index contributed by atoms with van der Waals surface area (Å²) in [6.45, 7) is 1.58. The van der Waals surface area contributed by atoms with Gasteiger partial charge in [-0.2, -0.15) is 13.9 Å². The van der Waals surface area contributed by atoms with Gasteiger partial charge in [0.05, 0.1) is 23.1 Å². The minimum Gasteiger partial charge on any atom is -0.373 e. The number of alkyl halides is 2. The molecule has 1 aliphatic heterocycles. The largest absolute Gasteiger partial charge is 0.373 e. The van der Waals surface area contributed by atoms with Crippen LogP contribution in [0.15, 0.2) is 24.4 Å². The van der Waals surface area contributed by atoms with E-state index in [0.29, 0.717) is 5.69 Å². The molecule has 2 heterocycles. The number of anilines is 1. The number of carbonyl (C=O) groups is 1. The maximum Gasteiger partial charge on any atom is 0.287 e. The fourth-order valence-corrected chi connectivity index (χ4v) is 3.25. The Morgan fingerprint density at radius 2 is 2.13 bits per heavy atom. The van der Waals surface area contributed by atoms with Crippen molar-refractivity contribution in [1.29, 1.82) is 0 Å². The van der Waals surface area contributed by atoms with Crippen LogP contribution >= 0.6 is 11.6 Å². The summed E-state index contributed by atoms with van der Waals surface area (Å²) in [6.07, 6.45) is 2.99. The summed E-state index contributed by atoms with van der Waals surface area (Å²) in [5.74, 6) is -3.24. The molecule has 0 amide bonds. The van der Waals surface area contributed by atoms with E-state index in [1.807, 2.05) is 24.1 Å². The lowest BCUT2D eigenvalue weighted by atomic mass is 10.0. The summed E-state index contributed by atoms with van der Waals surface area (Å²) in [5, 5.41) is 3.08. The van der Waals surface area contributed by atoms with Crippen LogP contribution in [0.3, 0.4) is 0 Å². The van der Waals surface area contributed by atoms with Crippen LogP contribution in [-0.2, 0) is 12.3 Å². The van der Waals surface area contributed by atoms with Gasteiger partial charge in [0.2, 0.25) is 0 Å². The van der Waals surface area contributed by atoms with Gasteiger partial charge in [-0.25, -0.2) is 4.68 Å². The predicted octanol–water partition coefficient (Wildman–Crippen LogP) is 3.75. The Balaban J connectivity index is 2.27. The topological polar surface area (TPSA) is 38.1 Å². The molecule has 0 N–H and O–H groups in total. The first-order chi connectivity index (χ1) is 10.8. The van der Waals surface area contributed by atoms with E-state index < -0.39 is 16.9 Å². The molecule has 0 spiro atoms. The van der Waals surface area contributed by atoms with Crippen molar-refractivity contribution in [2.45, 2.75) is 25.7 Å². The summed E-state index contributed by atoms with van der Waals surface area (Å²) < 4.78 is 29.3. The van der Waals surface area contributed by atoms with E-state index in [1.165, 1.54) is 0 Å². The number of fused-ring (bicyclic) bond motifs is 1. The molecule has 7 heteroatoms. The van der Waals surface area contributed by atoms with Crippen LogP contribution in [0.2, 0.25) is 0 Å². The summed E-state index contributed by atoms with van der Waals surface area (Å²) in [7, 11) is 1.92. The van der Waals surface area contributed by atoms with E-state index in [2.05, 4.69) is 5.10 Å². The van der Waals surface area contributed by atoms with Crippen molar-refractivity contribution in [2.24, 2.45) is 0 Å². The number of para-hydroxylation sites is 1. The SMILES string of the molecule is CN1CCCc2cccc(-n3ncc(C(=O)Cl)c3C(C)(F)F)c21. The minimum absolute atomic E-state index is 0.268. The lowest BCUT2D eigenvalue weighted by molar-refractivity contribution is 0.00949. The predicted molar refractivity (Wildman–Crippen MR) is 84.9 cm³/mol. The lowest BCUT2D eigenvalue weighted by Crippen LogP contribution is -2.27. The molecule has 0 bridgehead atoms. The summed E-state index contributed by atoms with van der Waals surface area (Å²) in [5.41, 5.74) is 1.72. The van der Waals surface area contributed by atoms with E-state index in [4.69, 9.17) is 11.6 Å². The molecule has 4 nitrogen and oxygen atoms in total. The monoisotopic (exact) mass is 339 g/mol. The van der Waals surface area contributed by atoms with Crippen LogP contribution in [0.5, 0.6) is 0 Å². The zero-order chi connectivity index (χ0) is 16.8. The summed E-state index contributed by atoms with van der Waals surface area (Å²) in [4.78, 5) is 13.5. The molecule has 3 rings (SSSR count). The molecule has 23 heavy (non-hydrogen) atoms. The van der Waals surface area contributed by atoms with E-state index in [0.717, 1.165) is 48.4 Å². The third-order valence-corrected chi connectivity index (χ3v) is 4.25. The maximum absolute atomic E-state index is 14.1. The fraction of sp³-hybridized carbons (Fsp3) is 0.375. The highest BCUT2D eigenvalue weighted by Crippen LogP contribution is 2.37. The van der Waals surface area contributed by atoms with E-state index in [-0.39, 0.29) is 5.56 Å². The number of benzene rings is 1. The molecule has 2 aromatic rings. The Morgan fingerprint density at radius 3 is 2.78 bits per heavy atom. The Labute approximate surface area is 137 Å². The number of aryl methyl sites for hydroxylation is 1. The van der Waals surface area contributed by atoms with Gasteiger partial charge in [0, 0.05) is 20.5 Å². The molecule has 1 aromatic heterocycles. The van der Waals surface area contributed by atoms with Gasteiger partial charge >= 0.3 is 0 Å². The Hall–Kier alpha value is -1.95. The van der Waals surface area contributed by atoms with Gasteiger partial charge in [-0.3, -0.25) is 4.79 Å². The number of nitrogens with zero attached hydrogens (tertiary/aromatic N) is 3. The van der Waals surface area contributed by atoms with Crippen molar-refractivity contribution in [3.8, 4) is 5.69 Å². The Bertz CT molecular complexity index is 767. The molecule has 0 radical (unpaired) electrons. The molecular weight excluding hydrogens is 324 g/mol. The number of rotatable bonds is 3. The van der Waals surface area contributed by atoms with E-state index in [9.17, 15) is 13.6 Å². The molecule has 1 aromatic carbocycles. The van der Waals surface area contributed by atoms with Gasteiger partial charge in [0.15, 0.2) is 0 Å². The van der Waals surface area contributed by atoms with Crippen LogP contribution in [0, 0.1) is 0 Å². The second kappa shape index (κ2) is 5.60. The lowest BCUT2D eigenvalue weighted by Gasteiger charge is -2.30. The van der Waals surface area contributed by atoms with Crippen LogP contribution in [0.25, 0.3) is 5.69 Å². The third kappa shape index (κ3) is 2.72. The van der Waals surface area contributed by atoms with Gasteiger partial charge < -0.3 is 4.90 Å². The van der Waals surface area contributed by atoms with Crippen molar-refractivity contribution in [3.63, 3.8) is 0 Å². The van der Waals surface area contributed by atoms with Gasteiger partial charge in [0.1, 0.15) is 5.69 Å². The number of carbonyl (C=O) groups excluding carboxylic acids is 1. The highest BCUT2D eigenvalue weighted by molar-refractivity contribution is 6.67. The Kier molecular flexibility index (Phi) is 3.88. The van der Waals surface area contributed by atoms with E-state index >= 15 is 0 Å². The van der Waals surface area contributed by atoms with Crippen molar-refractivity contribution in [3.05, 3.63) is 41.2 Å². The van der Waals surface area contributed by atoms with Crippen molar-refractivity contribution in [1.82, 2.24) is 9.78 Å². The molecule has 0 aliphatic carbocycles. The van der Waals surface area contributed by atoms with Gasteiger partial charge in [-0.15, -0.1) is 0 Å². The minimum atomic E-state index is -3.24. The standard InChI is InChI=1S/C16H16ClF2N3O/c1-16(18,19)14-11(15(17)23)9-20-22(14)12-7-3-5-10-6-4-8-21(2)13(10)12/h3,5,7,9H,4,6,8H2,1-2H3. The molecule has 0 unspecified atom stereocenters. The highest BCUT2D eigenvalue weighted by atomic mass is 35.5.